The lowest BCUT2D eigenvalue weighted by Gasteiger charge is -2.20. The molecule has 1 aromatic heterocycles. The highest BCUT2D eigenvalue weighted by atomic mass is 32.1. The van der Waals surface area contributed by atoms with Gasteiger partial charge in [-0.1, -0.05) is 18.3 Å². The summed E-state index contributed by atoms with van der Waals surface area (Å²) in [5.41, 5.74) is 5.23. The van der Waals surface area contributed by atoms with Crippen molar-refractivity contribution in [2.45, 2.75) is 32.2 Å². The van der Waals surface area contributed by atoms with Gasteiger partial charge in [0.05, 0.1) is 0 Å². The van der Waals surface area contributed by atoms with Crippen LogP contribution in [0, 0.1) is 0 Å². The molecule has 0 saturated carbocycles. The first-order valence-electron chi connectivity index (χ1n) is 5.81. The summed E-state index contributed by atoms with van der Waals surface area (Å²) < 4.78 is 0. The molecule has 0 radical (unpaired) electrons. The smallest absolute Gasteiger partial charge is 0.315 e. The van der Waals surface area contributed by atoms with Crippen LogP contribution in [0.15, 0.2) is 0 Å². The van der Waals surface area contributed by atoms with Crippen molar-refractivity contribution < 1.29 is 9.59 Å². The summed E-state index contributed by atoms with van der Waals surface area (Å²) in [5, 5.41) is 11.8. The molecular weight excluding hydrogens is 254 g/mol. The standard InChI is InChI=1S/C10H15N5O2S/c1-2-7-13-14-10(18-7)12-8(16)6-4-3-5-15(6)9(11)17/h6H,2-5H2,1H3,(H2,11,17)(H,12,14,16)/t6-/m0/s1. The third-order valence-corrected chi connectivity index (χ3v) is 3.82. The van der Waals surface area contributed by atoms with E-state index in [1.165, 1.54) is 16.2 Å². The Morgan fingerprint density at radius 3 is 2.94 bits per heavy atom. The first-order chi connectivity index (χ1) is 8.61. The number of primary amides is 1. The summed E-state index contributed by atoms with van der Waals surface area (Å²) >= 11 is 1.34. The molecule has 7 nitrogen and oxygen atoms in total. The maximum absolute atomic E-state index is 12.0. The molecule has 3 amide bonds. The first-order valence-corrected chi connectivity index (χ1v) is 6.62. The van der Waals surface area contributed by atoms with Crippen LogP contribution in [-0.4, -0.2) is 39.6 Å². The molecule has 1 saturated heterocycles. The van der Waals surface area contributed by atoms with Crippen molar-refractivity contribution in [3.8, 4) is 0 Å². The van der Waals surface area contributed by atoms with E-state index in [1.807, 2.05) is 6.92 Å². The van der Waals surface area contributed by atoms with Crippen molar-refractivity contribution >= 4 is 28.4 Å². The molecule has 1 atom stereocenters. The third kappa shape index (κ3) is 2.58. The predicted molar refractivity (Wildman–Crippen MR) is 67.2 cm³/mol. The van der Waals surface area contributed by atoms with Gasteiger partial charge in [-0.25, -0.2) is 4.79 Å². The van der Waals surface area contributed by atoms with Crippen LogP contribution < -0.4 is 11.1 Å². The zero-order chi connectivity index (χ0) is 13.1. The highest BCUT2D eigenvalue weighted by Gasteiger charge is 2.33. The number of anilines is 1. The molecule has 1 fully saturated rings. The second-order valence-corrected chi connectivity index (χ2v) is 5.10. The fraction of sp³-hybridized carbons (Fsp3) is 0.600. The van der Waals surface area contributed by atoms with Gasteiger partial charge in [-0.15, -0.1) is 10.2 Å². The van der Waals surface area contributed by atoms with Crippen molar-refractivity contribution in [3.63, 3.8) is 0 Å². The maximum Gasteiger partial charge on any atom is 0.315 e. The van der Waals surface area contributed by atoms with Gasteiger partial charge in [-0.3, -0.25) is 10.1 Å². The fourth-order valence-electron chi connectivity index (χ4n) is 1.94. The zero-order valence-corrected chi connectivity index (χ0v) is 10.9. The Morgan fingerprint density at radius 1 is 1.56 bits per heavy atom. The van der Waals surface area contributed by atoms with Gasteiger partial charge in [0.25, 0.3) is 0 Å². The predicted octanol–water partition coefficient (Wildman–Crippen LogP) is 0.582. The normalized spacial score (nSPS) is 18.9. The van der Waals surface area contributed by atoms with E-state index < -0.39 is 12.1 Å². The van der Waals surface area contributed by atoms with E-state index in [-0.39, 0.29) is 5.91 Å². The van der Waals surface area contributed by atoms with E-state index in [4.69, 9.17) is 5.73 Å². The number of nitrogens with one attached hydrogen (secondary N) is 1. The number of nitrogens with zero attached hydrogens (tertiary/aromatic N) is 3. The van der Waals surface area contributed by atoms with Crippen molar-refractivity contribution in [2.75, 3.05) is 11.9 Å². The lowest BCUT2D eigenvalue weighted by Crippen LogP contribution is -2.45. The molecule has 2 rings (SSSR count). The second-order valence-electron chi connectivity index (χ2n) is 4.03. The van der Waals surface area contributed by atoms with Crippen LogP contribution in [0.1, 0.15) is 24.8 Å². The number of amides is 3. The van der Waals surface area contributed by atoms with Gasteiger partial charge in [0, 0.05) is 6.54 Å². The molecule has 2 heterocycles. The zero-order valence-electron chi connectivity index (χ0n) is 10.0. The fourth-order valence-corrected chi connectivity index (χ4v) is 2.62. The maximum atomic E-state index is 12.0. The van der Waals surface area contributed by atoms with E-state index in [9.17, 15) is 9.59 Å². The van der Waals surface area contributed by atoms with Gasteiger partial charge in [0.2, 0.25) is 11.0 Å². The van der Waals surface area contributed by atoms with E-state index >= 15 is 0 Å². The highest BCUT2D eigenvalue weighted by molar-refractivity contribution is 7.15. The van der Waals surface area contributed by atoms with E-state index in [0.29, 0.717) is 18.1 Å². The number of nitrogens with two attached hydrogens (primary N) is 1. The molecule has 3 N–H and O–H groups in total. The number of aryl methyl sites for hydroxylation is 1. The van der Waals surface area contributed by atoms with Crippen LogP contribution in [0.5, 0.6) is 0 Å². The lowest BCUT2D eigenvalue weighted by molar-refractivity contribution is -0.119. The number of hydrogen-bond donors (Lipinski definition) is 2. The van der Waals surface area contributed by atoms with Crippen molar-refractivity contribution in [3.05, 3.63) is 5.01 Å². The summed E-state index contributed by atoms with van der Waals surface area (Å²) in [6.07, 6.45) is 2.20. The molecule has 1 aromatic rings. The average molecular weight is 269 g/mol. The molecule has 0 bridgehead atoms. The third-order valence-electron chi connectivity index (χ3n) is 2.84. The lowest BCUT2D eigenvalue weighted by atomic mass is 10.2. The minimum atomic E-state index is -0.556. The van der Waals surface area contributed by atoms with Crippen molar-refractivity contribution in [1.82, 2.24) is 15.1 Å². The Kier molecular flexibility index (Phi) is 3.75. The SMILES string of the molecule is CCc1nnc(NC(=O)[C@@H]2CCCN2C(N)=O)s1. The van der Waals surface area contributed by atoms with Crippen LogP contribution in [-0.2, 0) is 11.2 Å². The molecule has 18 heavy (non-hydrogen) atoms. The van der Waals surface area contributed by atoms with E-state index in [2.05, 4.69) is 15.5 Å². The highest BCUT2D eigenvalue weighted by Crippen LogP contribution is 2.20. The Morgan fingerprint density at radius 2 is 2.33 bits per heavy atom. The number of carbonyl (C=O) groups is 2. The van der Waals surface area contributed by atoms with Gasteiger partial charge < -0.3 is 10.6 Å². The molecule has 1 aliphatic rings. The van der Waals surface area contributed by atoms with Gasteiger partial charge in [0.1, 0.15) is 11.0 Å². The van der Waals surface area contributed by atoms with E-state index in [0.717, 1.165) is 17.8 Å². The Hall–Kier alpha value is -1.70. The quantitative estimate of drug-likeness (QED) is 0.838. The van der Waals surface area contributed by atoms with Crippen molar-refractivity contribution in [1.29, 1.82) is 0 Å². The summed E-state index contributed by atoms with van der Waals surface area (Å²) in [7, 11) is 0. The number of urea groups is 1. The van der Waals surface area contributed by atoms with Gasteiger partial charge >= 0.3 is 6.03 Å². The van der Waals surface area contributed by atoms with Crippen LogP contribution in [0.3, 0.4) is 0 Å². The minimum absolute atomic E-state index is 0.245. The van der Waals surface area contributed by atoms with Crippen molar-refractivity contribution in [2.24, 2.45) is 5.73 Å². The Balaban J connectivity index is 2.01. The summed E-state index contributed by atoms with van der Waals surface area (Å²) in [5.74, 6) is -0.245. The topological polar surface area (TPSA) is 101 Å². The number of rotatable bonds is 3. The summed E-state index contributed by atoms with van der Waals surface area (Å²) in [6.45, 7) is 2.50. The number of hydrogen-bond acceptors (Lipinski definition) is 5. The van der Waals surface area contributed by atoms with Gasteiger partial charge in [-0.2, -0.15) is 0 Å². The van der Waals surface area contributed by atoms with Crippen LogP contribution >= 0.6 is 11.3 Å². The number of carbonyl (C=O) groups excluding carboxylic acids is 2. The first kappa shape index (κ1) is 12.7. The van der Waals surface area contributed by atoms with E-state index in [1.54, 1.807) is 0 Å². The largest absolute Gasteiger partial charge is 0.351 e. The van der Waals surface area contributed by atoms with Gasteiger partial charge in [0.15, 0.2) is 0 Å². The van der Waals surface area contributed by atoms with Gasteiger partial charge in [-0.05, 0) is 19.3 Å². The molecular formula is C10H15N5O2S. The minimum Gasteiger partial charge on any atom is -0.351 e. The average Bonchev–Trinajstić information content (AvgIpc) is 2.96. The van der Waals surface area contributed by atoms with Crippen LogP contribution in [0.2, 0.25) is 0 Å². The molecule has 0 aliphatic carbocycles. The molecule has 1 aliphatic heterocycles. The summed E-state index contributed by atoms with van der Waals surface area (Å²) in [4.78, 5) is 24.6. The number of aromatic nitrogens is 2. The molecule has 0 spiro atoms. The van der Waals surface area contributed by atoms with Crippen LogP contribution in [0.25, 0.3) is 0 Å². The summed E-state index contributed by atoms with van der Waals surface area (Å²) in [6, 6.07) is -1.05. The molecule has 0 aromatic carbocycles. The Labute approximate surface area is 108 Å². The monoisotopic (exact) mass is 269 g/mol. The molecule has 98 valence electrons. The molecule has 0 unspecified atom stereocenters. The second kappa shape index (κ2) is 5.30. The number of likely N-dealkylation sites (tertiary alicyclic amines) is 1. The van der Waals surface area contributed by atoms with Crippen LogP contribution in [0.4, 0.5) is 9.93 Å². The molecule has 8 heteroatoms. The Bertz CT molecular complexity index is 461.